The van der Waals surface area contributed by atoms with Crippen molar-refractivity contribution < 1.29 is 0 Å². The summed E-state index contributed by atoms with van der Waals surface area (Å²) in [7, 11) is 2.07. The highest BCUT2D eigenvalue weighted by atomic mass is 127. The molecule has 2 nitrogen and oxygen atoms in total. The second kappa shape index (κ2) is 2.13. The van der Waals surface area contributed by atoms with Crippen LogP contribution in [0.3, 0.4) is 0 Å². The Morgan fingerprint density at radius 1 is 1.50 bits per heavy atom. The van der Waals surface area contributed by atoms with E-state index in [-0.39, 0.29) is 0 Å². The van der Waals surface area contributed by atoms with E-state index in [1.807, 2.05) is 0 Å². The van der Waals surface area contributed by atoms with Crippen LogP contribution in [0, 0.1) is 0 Å². The summed E-state index contributed by atoms with van der Waals surface area (Å²) >= 11 is 2.28. The van der Waals surface area contributed by atoms with Gasteiger partial charge in [0.05, 0.1) is 22.9 Å². The lowest BCUT2D eigenvalue weighted by Gasteiger charge is -2.20. The first-order chi connectivity index (χ1) is 3.72. The van der Waals surface area contributed by atoms with Crippen molar-refractivity contribution >= 4 is 22.9 Å². The average molecular weight is 224 g/mol. The fraction of sp³-hybridized carbons (Fsp3) is 0.600. The molecule has 0 aliphatic carbocycles. The monoisotopic (exact) mass is 224 g/mol. The standard InChI is InChI=1S/C5H9IN2/c1-5-7(2)3-4-8(5)6/h3-5H,1-2H3. The predicted octanol–water partition coefficient (Wildman–Crippen LogP) is 1.40. The molecule has 0 aromatic rings. The highest BCUT2D eigenvalue weighted by Crippen LogP contribution is 2.16. The maximum Gasteiger partial charge on any atom is 0.107 e. The van der Waals surface area contributed by atoms with Gasteiger partial charge in [0, 0.05) is 19.4 Å². The Hall–Kier alpha value is 0.0700. The number of hydrogen-bond acceptors (Lipinski definition) is 2. The summed E-state index contributed by atoms with van der Waals surface area (Å²) in [5, 5.41) is 0. The first-order valence-electron chi connectivity index (χ1n) is 2.56. The van der Waals surface area contributed by atoms with Gasteiger partial charge < -0.3 is 4.90 Å². The highest BCUT2D eigenvalue weighted by molar-refractivity contribution is 14.1. The second-order valence-electron chi connectivity index (χ2n) is 1.94. The number of nitrogens with zero attached hydrogens (tertiary/aromatic N) is 2. The van der Waals surface area contributed by atoms with Crippen molar-refractivity contribution in [2.24, 2.45) is 0 Å². The molecule has 0 saturated carbocycles. The molecule has 0 amide bonds. The Morgan fingerprint density at radius 2 is 2.12 bits per heavy atom. The molecule has 1 unspecified atom stereocenters. The van der Waals surface area contributed by atoms with Crippen LogP contribution < -0.4 is 0 Å². The van der Waals surface area contributed by atoms with Crippen molar-refractivity contribution in [2.45, 2.75) is 13.1 Å². The van der Waals surface area contributed by atoms with E-state index in [4.69, 9.17) is 0 Å². The molecular weight excluding hydrogens is 215 g/mol. The van der Waals surface area contributed by atoms with Gasteiger partial charge in [0.1, 0.15) is 6.17 Å². The van der Waals surface area contributed by atoms with Crippen LogP contribution in [0.5, 0.6) is 0 Å². The van der Waals surface area contributed by atoms with Crippen LogP contribution in [0.25, 0.3) is 0 Å². The summed E-state index contributed by atoms with van der Waals surface area (Å²) in [6.07, 6.45) is 4.65. The third-order valence-corrected chi connectivity index (χ3v) is 2.52. The summed E-state index contributed by atoms with van der Waals surface area (Å²) < 4.78 is 2.14. The van der Waals surface area contributed by atoms with E-state index in [0.717, 1.165) is 0 Å². The maximum atomic E-state index is 2.28. The predicted molar refractivity (Wildman–Crippen MR) is 42.2 cm³/mol. The van der Waals surface area contributed by atoms with Crippen LogP contribution in [0.4, 0.5) is 0 Å². The van der Waals surface area contributed by atoms with E-state index in [0.29, 0.717) is 6.17 Å². The van der Waals surface area contributed by atoms with Gasteiger partial charge in [-0.25, -0.2) is 0 Å². The number of halogens is 1. The van der Waals surface area contributed by atoms with Crippen LogP contribution >= 0.6 is 22.9 Å². The third-order valence-electron chi connectivity index (χ3n) is 1.39. The largest absolute Gasteiger partial charge is 0.359 e. The van der Waals surface area contributed by atoms with Crippen molar-refractivity contribution in [2.75, 3.05) is 7.05 Å². The van der Waals surface area contributed by atoms with Crippen molar-refractivity contribution in [1.82, 2.24) is 8.01 Å². The Balaban J connectivity index is 2.55. The summed E-state index contributed by atoms with van der Waals surface area (Å²) in [6.45, 7) is 2.16. The first kappa shape index (κ1) is 6.19. The quantitative estimate of drug-likeness (QED) is 0.453. The summed E-state index contributed by atoms with van der Waals surface area (Å²) in [5.74, 6) is 0. The highest BCUT2D eigenvalue weighted by Gasteiger charge is 2.14. The lowest BCUT2D eigenvalue weighted by atomic mass is 10.6. The van der Waals surface area contributed by atoms with E-state index < -0.39 is 0 Å². The van der Waals surface area contributed by atoms with E-state index in [2.05, 4.69) is 57.2 Å². The molecule has 0 N–H and O–H groups in total. The SMILES string of the molecule is CC1N(C)C=CN1I. The maximum absolute atomic E-state index is 2.28. The zero-order valence-electron chi connectivity index (χ0n) is 5.00. The molecule has 0 saturated heterocycles. The van der Waals surface area contributed by atoms with Crippen molar-refractivity contribution in [3.05, 3.63) is 12.4 Å². The van der Waals surface area contributed by atoms with Gasteiger partial charge in [0.15, 0.2) is 0 Å². The molecule has 1 heterocycles. The molecule has 46 valence electrons. The van der Waals surface area contributed by atoms with E-state index in [1.54, 1.807) is 0 Å². The molecule has 0 radical (unpaired) electrons. The molecule has 1 rings (SSSR count). The molecular formula is C5H9IN2. The summed E-state index contributed by atoms with van der Waals surface area (Å²) in [6, 6.07) is 0. The van der Waals surface area contributed by atoms with Crippen LogP contribution in [0.2, 0.25) is 0 Å². The number of rotatable bonds is 0. The molecule has 1 aliphatic rings. The molecule has 8 heavy (non-hydrogen) atoms. The Labute approximate surface area is 63.6 Å². The molecule has 3 heteroatoms. The lowest BCUT2D eigenvalue weighted by molar-refractivity contribution is 0.301. The Bertz CT molecular complexity index is 101. The van der Waals surface area contributed by atoms with Gasteiger partial charge in [0.2, 0.25) is 0 Å². The minimum Gasteiger partial charge on any atom is -0.359 e. The van der Waals surface area contributed by atoms with Gasteiger partial charge in [0.25, 0.3) is 0 Å². The molecule has 0 spiro atoms. The molecule has 0 fully saturated rings. The smallest absolute Gasteiger partial charge is 0.107 e. The first-order valence-corrected chi connectivity index (χ1v) is 3.52. The van der Waals surface area contributed by atoms with E-state index >= 15 is 0 Å². The van der Waals surface area contributed by atoms with Crippen molar-refractivity contribution in [3.63, 3.8) is 0 Å². The van der Waals surface area contributed by atoms with Gasteiger partial charge >= 0.3 is 0 Å². The van der Waals surface area contributed by atoms with Crippen LogP contribution in [-0.4, -0.2) is 21.2 Å². The van der Waals surface area contributed by atoms with Crippen molar-refractivity contribution in [1.29, 1.82) is 0 Å². The van der Waals surface area contributed by atoms with Gasteiger partial charge in [-0.1, -0.05) is 0 Å². The van der Waals surface area contributed by atoms with Gasteiger partial charge in [-0.05, 0) is 6.92 Å². The van der Waals surface area contributed by atoms with Crippen molar-refractivity contribution in [3.8, 4) is 0 Å². The topological polar surface area (TPSA) is 6.48 Å². The van der Waals surface area contributed by atoms with Crippen LogP contribution in [-0.2, 0) is 0 Å². The van der Waals surface area contributed by atoms with Gasteiger partial charge in [-0.2, -0.15) is 0 Å². The van der Waals surface area contributed by atoms with Gasteiger partial charge in [-0.3, -0.25) is 3.11 Å². The van der Waals surface area contributed by atoms with Crippen LogP contribution in [0.1, 0.15) is 6.92 Å². The van der Waals surface area contributed by atoms with Crippen LogP contribution in [0.15, 0.2) is 12.4 Å². The fourth-order valence-electron chi connectivity index (χ4n) is 0.592. The third kappa shape index (κ3) is 0.913. The lowest BCUT2D eigenvalue weighted by Crippen LogP contribution is -2.26. The minimum atomic E-state index is 0.524. The average Bonchev–Trinajstić information content (AvgIpc) is 1.98. The zero-order chi connectivity index (χ0) is 6.15. The Kier molecular flexibility index (Phi) is 1.65. The van der Waals surface area contributed by atoms with Gasteiger partial charge in [-0.15, -0.1) is 0 Å². The molecule has 0 aromatic heterocycles. The fourth-order valence-corrected chi connectivity index (χ4v) is 1.13. The zero-order valence-corrected chi connectivity index (χ0v) is 7.16. The minimum absolute atomic E-state index is 0.524. The molecule has 1 aliphatic heterocycles. The van der Waals surface area contributed by atoms with E-state index in [9.17, 15) is 0 Å². The Morgan fingerprint density at radius 3 is 2.25 bits per heavy atom. The summed E-state index contributed by atoms with van der Waals surface area (Å²) in [5.41, 5.74) is 0. The molecule has 0 bridgehead atoms. The molecule has 1 atom stereocenters. The van der Waals surface area contributed by atoms with E-state index in [1.165, 1.54) is 0 Å². The number of hydrogen-bond donors (Lipinski definition) is 0. The summed E-state index contributed by atoms with van der Waals surface area (Å²) in [4.78, 5) is 2.16. The normalized spacial score (nSPS) is 27.6. The second-order valence-corrected chi connectivity index (χ2v) is 3.05. The molecule has 0 aromatic carbocycles.